The Morgan fingerprint density at radius 2 is 1.15 bits per heavy atom. The molecule has 33 heteroatoms. The van der Waals surface area contributed by atoms with Crippen LogP contribution in [0.25, 0.3) is 33.3 Å². The average Bonchev–Trinajstić information content (AvgIpc) is 1.56. The van der Waals surface area contributed by atoms with Gasteiger partial charge in [-0.2, -0.15) is 0 Å². The third kappa shape index (κ3) is 26.3. The number of carbonyl (C=O) groups excluding carboxylic acids is 9. The van der Waals surface area contributed by atoms with E-state index >= 15 is 4.79 Å². The molecule has 4 atom stereocenters. The van der Waals surface area contributed by atoms with Gasteiger partial charge in [-0.25, -0.2) is 9.97 Å². The second-order valence-corrected chi connectivity index (χ2v) is 27.6. The summed E-state index contributed by atoms with van der Waals surface area (Å²) in [7, 11) is 3.34. The van der Waals surface area contributed by atoms with Gasteiger partial charge in [0.1, 0.15) is 12.1 Å². The number of morpholine rings is 1. The van der Waals surface area contributed by atoms with E-state index in [4.69, 9.17) is 67.2 Å². The molecule has 0 unspecified atom stereocenters. The number of likely N-dealkylation sites (N-methyl/N-ethyl adjacent to an activating group) is 2. The fraction of sp³-hybridized carbons (Fsp3) is 0.608. The molecule has 2 aromatic heterocycles. The van der Waals surface area contributed by atoms with Crippen LogP contribution in [0.4, 0.5) is 0 Å². The van der Waals surface area contributed by atoms with E-state index < -0.39 is 47.5 Å². The molecular weight excluding hydrogens is 1450 g/mol. The van der Waals surface area contributed by atoms with Crippen LogP contribution in [0.1, 0.15) is 140 Å². The Bertz CT molecular complexity index is 3880. The van der Waals surface area contributed by atoms with Crippen LogP contribution in [-0.2, 0) is 85.7 Å². The van der Waals surface area contributed by atoms with E-state index in [2.05, 4.69) is 37.7 Å². The lowest BCUT2D eigenvalue weighted by atomic mass is 9.84. The minimum Gasteiger partial charge on any atom is -0.394 e. The van der Waals surface area contributed by atoms with Gasteiger partial charge >= 0.3 is 0 Å². The Morgan fingerprint density at radius 1 is 0.607 bits per heavy atom. The minimum absolute atomic E-state index is 0.0137. The Labute approximate surface area is 654 Å². The van der Waals surface area contributed by atoms with Crippen LogP contribution < -0.4 is 16.0 Å². The van der Waals surface area contributed by atoms with Crippen LogP contribution >= 0.6 is 0 Å². The van der Waals surface area contributed by atoms with Gasteiger partial charge in [0, 0.05) is 125 Å². The molecule has 0 radical (unpaired) electrons. The van der Waals surface area contributed by atoms with Crippen molar-refractivity contribution in [3.05, 3.63) is 93.4 Å². The van der Waals surface area contributed by atoms with Crippen molar-refractivity contribution in [3.63, 3.8) is 0 Å². The number of H-pyrrole nitrogens is 2. The number of nitrogens with one attached hydrogen (secondary N) is 5. The van der Waals surface area contributed by atoms with Gasteiger partial charge in [0.25, 0.3) is 23.6 Å². The smallest absolute Gasteiger partial charge is 0.264 e. The highest BCUT2D eigenvalue weighted by Crippen LogP contribution is 2.45. The third-order valence-electron chi connectivity index (χ3n) is 19.9. The van der Waals surface area contributed by atoms with Crippen LogP contribution in [0.15, 0.2) is 42.5 Å². The Kier molecular flexibility index (Phi) is 37.0. The second kappa shape index (κ2) is 46.6. The lowest BCUT2D eigenvalue weighted by Crippen LogP contribution is -2.52. The lowest BCUT2D eigenvalue weighted by Gasteiger charge is -2.31. The maximum absolute atomic E-state index is 15.5. The molecule has 0 saturated carbocycles. The number of aliphatic hydroxyl groups is 1. The molecule has 0 aromatic carbocycles. The van der Waals surface area contributed by atoms with Crippen molar-refractivity contribution in [2.24, 2.45) is 0 Å². The van der Waals surface area contributed by atoms with E-state index in [0.29, 0.717) is 195 Å². The van der Waals surface area contributed by atoms with Gasteiger partial charge < -0.3 is 92.9 Å². The maximum Gasteiger partial charge on any atom is 0.264 e. The Hall–Kier alpha value is -8.55. The largest absolute Gasteiger partial charge is 0.394 e. The average molecular weight is 1570 g/mol. The van der Waals surface area contributed by atoms with Crippen LogP contribution in [-0.4, -0.2) is 333 Å². The van der Waals surface area contributed by atoms with Crippen LogP contribution in [0, 0.1) is 6.92 Å². The van der Waals surface area contributed by atoms with Gasteiger partial charge in [0.05, 0.1) is 198 Å². The predicted molar refractivity (Wildman–Crippen MR) is 414 cm³/mol. The molecule has 0 spiro atoms. The number of fused-ring (bicyclic) bond motifs is 8. The van der Waals surface area contributed by atoms with E-state index in [1.807, 2.05) is 45.9 Å². The van der Waals surface area contributed by atoms with E-state index in [9.17, 15) is 38.4 Å². The van der Waals surface area contributed by atoms with Crippen LogP contribution in [0.5, 0.6) is 0 Å². The number of ether oxygens (including phenoxy) is 11. The molecular formula is C79H114N12O21. The molecule has 1 fully saturated rings. The van der Waals surface area contributed by atoms with Crippen LogP contribution in [0.2, 0.25) is 0 Å². The molecule has 6 aliphatic heterocycles. The number of imide groups is 2. The molecule has 6 N–H and O–H groups in total. The lowest BCUT2D eigenvalue weighted by molar-refractivity contribution is -0.138. The van der Waals surface area contributed by atoms with Gasteiger partial charge in [0.2, 0.25) is 29.5 Å². The summed E-state index contributed by atoms with van der Waals surface area (Å²) < 4.78 is 60.5. The van der Waals surface area contributed by atoms with E-state index in [0.717, 1.165) is 27.3 Å². The molecule has 9 amide bonds. The number of rotatable bonds is 51. The van der Waals surface area contributed by atoms with E-state index in [1.165, 1.54) is 41.9 Å². The predicted octanol–water partition coefficient (Wildman–Crippen LogP) is 3.28. The zero-order valence-corrected chi connectivity index (χ0v) is 66.3. The summed E-state index contributed by atoms with van der Waals surface area (Å²) in [5.41, 5.74) is 9.55. The first-order valence-corrected chi connectivity index (χ1v) is 38.7. The summed E-state index contributed by atoms with van der Waals surface area (Å²) >= 11 is 0. The molecule has 616 valence electrons. The molecule has 6 aliphatic rings. The number of aromatic amines is 2. The number of carbonyl (C=O) groups is 9. The van der Waals surface area contributed by atoms with E-state index in [1.54, 1.807) is 25.1 Å². The number of allylic oxidation sites excluding steroid dienone is 5. The number of amides is 9. The highest BCUT2D eigenvalue weighted by Gasteiger charge is 2.41. The van der Waals surface area contributed by atoms with Gasteiger partial charge in [-0.15, -0.1) is 0 Å². The first kappa shape index (κ1) is 89.0. The number of nitrogens with zero attached hydrogens (tertiary/aromatic N) is 7. The summed E-state index contributed by atoms with van der Waals surface area (Å²) in [5.74, 6) is -4.34. The van der Waals surface area contributed by atoms with E-state index in [-0.39, 0.29) is 127 Å². The van der Waals surface area contributed by atoms with Crippen molar-refractivity contribution in [1.82, 2.24) is 60.4 Å². The van der Waals surface area contributed by atoms with Gasteiger partial charge in [-0.05, 0) is 94.0 Å². The summed E-state index contributed by atoms with van der Waals surface area (Å²) in [6.07, 6.45) is 6.70. The Morgan fingerprint density at radius 3 is 1.75 bits per heavy atom. The third-order valence-corrected chi connectivity index (χ3v) is 19.9. The van der Waals surface area contributed by atoms with Gasteiger partial charge in [-0.3, -0.25) is 57.9 Å². The van der Waals surface area contributed by atoms with Crippen molar-refractivity contribution >= 4 is 86.5 Å². The number of aromatic nitrogens is 4. The molecule has 112 heavy (non-hydrogen) atoms. The van der Waals surface area contributed by atoms with Gasteiger partial charge in [-0.1, -0.05) is 13.8 Å². The van der Waals surface area contributed by atoms with Crippen molar-refractivity contribution in [1.29, 1.82) is 0 Å². The van der Waals surface area contributed by atoms with Gasteiger partial charge in [0.15, 0.2) is 0 Å². The van der Waals surface area contributed by atoms with Crippen molar-refractivity contribution < 1.29 is 100 Å². The number of hydrogen-bond acceptors (Lipinski definition) is 24. The first-order chi connectivity index (χ1) is 54.1. The fourth-order valence-electron chi connectivity index (χ4n) is 13.1. The summed E-state index contributed by atoms with van der Waals surface area (Å²) in [5, 5.41) is 17.1. The standard InChI is InChI=1S/C79H114N12O21/c1-10-58-52(2)62-50-66-59(11-13-69(95)88(9)22-28-104-34-36-106-32-26-92)53(3)61(84-66)49-63-54(4)60(74(85-63)73-75-72(55(5)64(86-75)51-65(58)83-62)78(100)91(79(73)101)21-20-89-23-29-103-30-24-89)12-14-68(94)87(8)19-18-80-76(98)56(6)82-77(99)57(7)81-67(93)17-27-102-33-37-107-39-41-109-43-45-111-47-48-112-46-44-110-42-40-108-38-35-105-31-25-90-70(96)15-16-71(90)97/h11,13,15-16,49-51,54,56-57,60,85-86,92H,10,12,14,17-48H2,1-9H3,(H,80,98)(H,81,93)(H,82,99)/b13-11+,63-49?,65-51?,66-50?,74-73?/t54-,56-,57-,60-/m0/s1. The van der Waals surface area contributed by atoms with Crippen molar-refractivity contribution in [3.8, 4) is 0 Å². The molecule has 1 saturated heterocycles. The number of aliphatic hydroxyl groups excluding tert-OH is 1. The number of aryl methyl sites for hydroxylation is 1. The monoisotopic (exact) mass is 1570 g/mol. The maximum atomic E-state index is 15.5. The number of hydrogen-bond donors (Lipinski definition) is 6. The van der Waals surface area contributed by atoms with Crippen molar-refractivity contribution in [2.75, 3.05) is 218 Å². The normalized spacial score (nSPS) is 16.7. The van der Waals surface area contributed by atoms with Crippen LogP contribution in [0.3, 0.4) is 0 Å². The second-order valence-electron chi connectivity index (χ2n) is 27.6. The summed E-state index contributed by atoms with van der Waals surface area (Å²) in [6.45, 7) is 23.1. The zero-order chi connectivity index (χ0) is 80.5. The topological polar surface area (TPSA) is 385 Å². The molecule has 8 bridgehead atoms. The highest BCUT2D eigenvalue weighted by atomic mass is 16.6. The minimum atomic E-state index is -0.984. The first-order valence-electron chi connectivity index (χ1n) is 38.7. The zero-order valence-electron chi connectivity index (χ0n) is 66.3. The summed E-state index contributed by atoms with van der Waals surface area (Å²) in [6, 6.07) is 3.87. The quantitative estimate of drug-likeness (QED) is 0.0314. The molecule has 2 aromatic rings. The van der Waals surface area contributed by atoms with Crippen molar-refractivity contribution in [2.45, 2.75) is 98.1 Å². The Balaban J connectivity index is 0.780. The SMILES string of the molecule is CCC1=C(C)c2cc3nc(cc4[nH]c(c5c6[nH]c(cc1n2)c(C)c6C(=O)N(CCN1CCOCC1)C5=O)[C@@H](CCC(=O)N(C)CCNC(=O)[C@H](C)NC(=O)[C@H](C)NC(=O)CCOCCOCCOCCOCCOCCOCCOCCOCCN1C(=O)C=CC1=O)[C@@H]4C)C(C)=C3/C=C/C(=O)N(C)CCOCCOCCO. The molecule has 8 rings (SSSR count). The highest BCUT2D eigenvalue weighted by molar-refractivity contribution is 6.23. The fourth-order valence-corrected chi connectivity index (χ4v) is 13.1. The molecule has 8 heterocycles. The summed E-state index contributed by atoms with van der Waals surface area (Å²) in [4.78, 5) is 146. The molecule has 33 nitrogen and oxygen atoms in total. The molecule has 0 aliphatic carbocycles.